The number of rotatable bonds is 2. The minimum absolute atomic E-state index is 0.222. The Bertz CT molecular complexity index is 713. The molecule has 1 atom stereocenters. The van der Waals surface area contributed by atoms with Gasteiger partial charge in [0.25, 0.3) is 0 Å². The fourth-order valence-corrected chi connectivity index (χ4v) is 2.31. The van der Waals surface area contributed by atoms with Crippen LogP contribution in [0.1, 0.15) is 17.3 Å². The summed E-state index contributed by atoms with van der Waals surface area (Å²) < 4.78 is 0. The van der Waals surface area contributed by atoms with E-state index in [1.807, 2.05) is 54.6 Å². The van der Waals surface area contributed by atoms with Crippen LogP contribution in [0.3, 0.4) is 0 Å². The summed E-state index contributed by atoms with van der Waals surface area (Å²) in [5.41, 5.74) is 8.87. The molecule has 0 bridgehead atoms. The molecule has 0 fully saturated rings. The first-order valence-electron chi connectivity index (χ1n) is 5.98. The monoisotopic (exact) mass is 269 g/mol. The fourth-order valence-electron chi connectivity index (χ4n) is 2.13. The van der Waals surface area contributed by atoms with Crippen LogP contribution in [-0.4, -0.2) is 9.97 Å². The van der Waals surface area contributed by atoms with Crippen LogP contribution >= 0.6 is 11.6 Å². The maximum Gasteiger partial charge on any atom is 0.223 e. The molecule has 1 aromatic heterocycles. The van der Waals surface area contributed by atoms with Crippen LogP contribution in [0.25, 0.3) is 10.9 Å². The third-order valence-electron chi connectivity index (χ3n) is 3.06. The Hall–Kier alpha value is -1.97. The lowest BCUT2D eigenvalue weighted by Gasteiger charge is -2.14. The predicted molar refractivity (Wildman–Crippen MR) is 77.0 cm³/mol. The van der Waals surface area contributed by atoms with Gasteiger partial charge in [0.05, 0.1) is 17.3 Å². The van der Waals surface area contributed by atoms with E-state index >= 15 is 0 Å². The summed E-state index contributed by atoms with van der Waals surface area (Å²) in [5, 5.41) is 1.16. The average Bonchev–Trinajstić information content (AvgIpc) is 2.46. The van der Waals surface area contributed by atoms with Gasteiger partial charge in [-0.1, -0.05) is 48.5 Å². The van der Waals surface area contributed by atoms with E-state index in [2.05, 4.69) is 9.97 Å². The molecule has 2 aromatic carbocycles. The number of halogens is 1. The summed E-state index contributed by atoms with van der Waals surface area (Å²) >= 11 is 5.98. The van der Waals surface area contributed by atoms with Gasteiger partial charge in [-0.25, -0.2) is 9.97 Å². The summed E-state index contributed by atoms with van der Waals surface area (Å²) in [6.45, 7) is 0. The highest BCUT2D eigenvalue weighted by Gasteiger charge is 2.15. The minimum Gasteiger partial charge on any atom is -0.319 e. The van der Waals surface area contributed by atoms with Crippen LogP contribution in [0.2, 0.25) is 5.28 Å². The highest BCUT2D eigenvalue weighted by molar-refractivity contribution is 6.28. The first-order valence-corrected chi connectivity index (χ1v) is 6.36. The lowest BCUT2D eigenvalue weighted by atomic mass is 10.0. The zero-order valence-corrected chi connectivity index (χ0v) is 10.9. The molecule has 94 valence electrons. The van der Waals surface area contributed by atoms with E-state index < -0.39 is 0 Å². The molecule has 3 aromatic rings. The van der Waals surface area contributed by atoms with Crippen LogP contribution in [0.15, 0.2) is 54.6 Å². The van der Waals surface area contributed by atoms with Crippen molar-refractivity contribution in [1.29, 1.82) is 0 Å². The summed E-state index contributed by atoms with van der Waals surface area (Å²) in [6, 6.07) is 17.3. The molecule has 19 heavy (non-hydrogen) atoms. The number of benzene rings is 2. The molecule has 0 aliphatic carbocycles. The van der Waals surface area contributed by atoms with Crippen molar-refractivity contribution in [3.8, 4) is 0 Å². The minimum atomic E-state index is -0.313. The second-order valence-corrected chi connectivity index (χ2v) is 4.62. The molecule has 0 spiro atoms. The van der Waals surface area contributed by atoms with E-state index in [0.717, 1.165) is 22.2 Å². The van der Waals surface area contributed by atoms with Gasteiger partial charge >= 0.3 is 0 Å². The normalized spacial score (nSPS) is 12.5. The zero-order valence-electron chi connectivity index (χ0n) is 10.1. The standard InChI is InChI=1S/C15H12ClN3/c16-15-18-12-9-5-4-8-11(12)14(19-15)13(17)10-6-2-1-3-7-10/h1-9,13H,17H2. The number of aromatic nitrogens is 2. The first kappa shape index (κ1) is 12.1. The second kappa shape index (κ2) is 4.96. The molecule has 3 rings (SSSR count). The van der Waals surface area contributed by atoms with Gasteiger partial charge in [0, 0.05) is 5.39 Å². The second-order valence-electron chi connectivity index (χ2n) is 4.28. The van der Waals surface area contributed by atoms with Crippen molar-refractivity contribution in [2.75, 3.05) is 0 Å². The molecule has 3 nitrogen and oxygen atoms in total. The van der Waals surface area contributed by atoms with Gasteiger partial charge in [0.1, 0.15) is 0 Å². The molecular weight excluding hydrogens is 258 g/mol. The van der Waals surface area contributed by atoms with E-state index in [9.17, 15) is 0 Å². The van der Waals surface area contributed by atoms with Crippen LogP contribution in [0.5, 0.6) is 0 Å². The maximum atomic E-state index is 6.30. The fraction of sp³-hybridized carbons (Fsp3) is 0.0667. The van der Waals surface area contributed by atoms with Crippen LogP contribution in [0.4, 0.5) is 0 Å². The average molecular weight is 270 g/mol. The first-order chi connectivity index (χ1) is 9.25. The van der Waals surface area contributed by atoms with Gasteiger partial charge in [-0.2, -0.15) is 0 Å². The van der Waals surface area contributed by atoms with Gasteiger partial charge in [-0.15, -0.1) is 0 Å². The van der Waals surface area contributed by atoms with Crippen LogP contribution in [0, 0.1) is 0 Å². The molecule has 1 unspecified atom stereocenters. The molecule has 4 heteroatoms. The zero-order chi connectivity index (χ0) is 13.2. The molecule has 0 amide bonds. The van der Waals surface area contributed by atoms with Crippen molar-refractivity contribution in [2.45, 2.75) is 6.04 Å². The SMILES string of the molecule is NC(c1ccccc1)c1nc(Cl)nc2ccccc12. The van der Waals surface area contributed by atoms with E-state index in [1.165, 1.54) is 0 Å². The summed E-state index contributed by atoms with van der Waals surface area (Å²) in [5.74, 6) is 0. The molecule has 1 heterocycles. The predicted octanol–water partition coefficient (Wildman–Crippen LogP) is 3.33. The van der Waals surface area contributed by atoms with E-state index in [0.29, 0.717) is 0 Å². The van der Waals surface area contributed by atoms with Crippen molar-refractivity contribution in [3.05, 3.63) is 71.1 Å². The van der Waals surface area contributed by atoms with E-state index in [1.54, 1.807) is 0 Å². The van der Waals surface area contributed by atoms with Gasteiger partial charge < -0.3 is 5.73 Å². The summed E-state index contributed by atoms with van der Waals surface area (Å²) in [6.07, 6.45) is 0. The smallest absolute Gasteiger partial charge is 0.223 e. The highest BCUT2D eigenvalue weighted by atomic mass is 35.5. The number of hydrogen-bond donors (Lipinski definition) is 1. The Kier molecular flexibility index (Phi) is 3.15. The van der Waals surface area contributed by atoms with Crippen molar-refractivity contribution < 1.29 is 0 Å². The van der Waals surface area contributed by atoms with E-state index in [-0.39, 0.29) is 11.3 Å². The molecule has 0 saturated carbocycles. The van der Waals surface area contributed by atoms with E-state index in [4.69, 9.17) is 17.3 Å². The van der Waals surface area contributed by atoms with Gasteiger partial charge in [-0.3, -0.25) is 0 Å². The number of nitrogens with two attached hydrogens (primary N) is 1. The molecule has 0 aliphatic rings. The molecule has 2 N–H and O–H groups in total. The quantitative estimate of drug-likeness (QED) is 0.726. The summed E-state index contributed by atoms with van der Waals surface area (Å²) in [4.78, 5) is 8.52. The van der Waals surface area contributed by atoms with Gasteiger partial charge in [0.15, 0.2) is 0 Å². The highest BCUT2D eigenvalue weighted by Crippen LogP contribution is 2.25. The largest absolute Gasteiger partial charge is 0.319 e. The number of fused-ring (bicyclic) bond motifs is 1. The Labute approximate surface area is 116 Å². The Balaban J connectivity index is 2.19. The Morgan fingerprint density at radius 1 is 0.895 bits per heavy atom. The molecule has 0 aliphatic heterocycles. The van der Waals surface area contributed by atoms with Crippen molar-refractivity contribution >= 4 is 22.5 Å². The molecular formula is C15H12ClN3. The number of nitrogens with zero attached hydrogens (tertiary/aromatic N) is 2. The third kappa shape index (κ3) is 2.30. The van der Waals surface area contributed by atoms with Crippen LogP contribution in [-0.2, 0) is 0 Å². The third-order valence-corrected chi connectivity index (χ3v) is 3.23. The van der Waals surface area contributed by atoms with Gasteiger partial charge in [0.2, 0.25) is 5.28 Å². The Morgan fingerprint density at radius 2 is 1.58 bits per heavy atom. The topological polar surface area (TPSA) is 51.8 Å². The summed E-state index contributed by atoms with van der Waals surface area (Å²) in [7, 11) is 0. The van der Waals surface area contributed by atoms with Crippen molar-refractivity contribution in [1.82, 2.24) is 9.97 Å². The Morgan fingerprint density at radius 3 is 2.37 bits per heavy atom. The molecule has 0 saturated heterocycles. The number of hydrogen-bond acceptors (Lipinski definition) is 3. The lowest BCUT2D eigenvalue weighted by molar-refractivity contribution is 0.834. The van der Waals surface area contributed by atoms with Gasteiger partial charge in [-0.05, 0) is 23.2 Å². The van der Waals surface area contributed by atoms with Crippen molar-refractivity contribution in [3.63, 3.8) is 0 Å². The molecule has 0 radical (unpaired) electrons. The van der Waals surface area contributed by atoms with Crippen molar-refractivity contribution in [2.24, 2.45) is 5.73 Å². The lowest BCUT2D eigenvalue weighted by Crippen LogP contribution is -2.14. The maximum absolute atomic E-state index is 6.30. The number of para-hydroxylation sites is 1. The van der Waals surface area contributed by atoms with Crippen LogP contribution < -0.4 is 5.73 Å².